The standard InChI is InChI=1S/C29H29F5O/c1-3-4-19-5-10-23(11-6-19)29(33,34)35-24-12-7-20(8-13-24)21-9-14-25(28(32)15-21)22-16-26(30)18(2)27(31)17-22/h7-9,12-17,19,23H,3-6,10-11H2,1-2H3. The maximum absolute atomic E-state index is 14.8. The third-order valence-corrected chi connectivity index (χ3v) is 7.02. The maximum Gasteiger partial charge on any atom is 0.400 e. The molecule has 0 saturated heterocycles. The zero-order chi connectivity index (χ0) is 25.2. The second-order valence-corrected chi connectivity index (χ2v) is 9.45. The number of ether oxygens (including phenoxy) is 1. The Morgan fingerprint density at radius 1 is 0.771 bits per heavy atom. The lowest BCUT2D eigenvalue weighted by Gasteiger charge is -2.33. The predicted molar refractivity (Wildman–Crippen MR) is 128 cm³/mol. The molecule has 3 aromatic rings. The summed E-state index contributed by atoms with van der Waals surface area (Å²) in [5.74, 6) is -2.35. The zero-order valence-electron chi connectivity index (χ0n) is 19.9. The van der Waals surface area contributed by atoms with Crippen molar-refractivity contribution in [1.29, 1.82) is 0 Å². The van der Waals surface area contributed by atoms with Gasteiger partial charge in [-0.3, -0.25) is 0 Å². The van der Waals surface area contributed by atoms with E-state index in [1.165, 1.54) is 31.2 Å². The Balaban J connectivity index is 1.46. The Bertz CT molecular complexity index is 1140. The van der Waals surface area contributed by atoms with Gasteiger partial charge >= 0.3 is 6.11 Å². The molecular weight excluding hydrogens is 459 g/mol. The van der Waals surface area contributed by atoms with E-state index in [-0.39, 0.29) is 22.4 Å². The minimum Gasteiger partial charge on any atom is -0.432 e. The summed E-state index contributed by atoms with van der Waals surface area (Å²) >= 11 is 0. The van der Waals surface area contributed by atoms with Gasteiger partial charge in [0.15, 0.2) is 0 Å². The molecule has 0 unspecified atom stereocenters. The molecule has 0 N–H and O–H groups in total. The van der Waals surface area contributed by atoms with E-state index in [4.69, 9.17) is 4.74 Å². The molecule has 1 fully saturated rings. The van der Waals surface area contributed by atoms with E-state index < -0.39 is 29.5 Å². The van der Waals surface area contributed by atoms with Gasteiger partial charge in [-0.1, -0.05) is 44.0 Å². The lowest BCUT2D eigenvalue weighted by molar-refractivity contribution is -0.223. The zero-order valence-corrected chi connectivity index (χ0v) is 19.9. The molecule has 0 spiro atoms. The topological polar surface area (TPSA) is 9.23 Å². The predicted octanol–water partition coefficient (Wildman–Crippen LogP) is 9.32. The van der Waals surface area contributed by atoms with Crippen molar-refractivity contribution in [3.8, 4) is 28.0 Å². The molecule has 1 aliphatic rings. The second kappa shape index (κ2) is 10.4. The quantitative estimate of drug-likeness (QED) is 0.301. The fourth-order valence-corrected chi connectivity index (χ4v) is 4.88. The molecule has 186 valence electrons. The lowest BCUT2D eigenvalue weighted by atomic mass is 9.79. The average Bonchev–Trinajstić information content (AvgIpc) is 2.83. The first-order chi connectivity index (χ1) is 16.7. The molecule has 4 rings (SSSR count). The van der Waals surface area contributed by atoms with Crippen LogP contribution in [0.2, 0.25) is 0 Å². The van der Waals surface area contributed by atoms with Crippen molar-refractivity contribution < 1.29 is 26.7 Å². The van der Waals surface area contributed by atoms with Crippen molar-refractivity contribution in [2.24, 2.45) is 11.8 Å². The van der Waals surface area contributed by atoms with E-state index in [9.17, 15) is 22.0 Å². The third kappa shape index (κ3) is 5.68. The van der Waals surface area contributed by atoms with E-state index in [1.54, 1.807) is 18.2 Å². The van der Waals surface area contributed by atoms with Crippen LogP contribution >= 0.6 is 0 Å². The Morgan fingerprint density at radius 2 is 1.34 bits per heavy atom. The number of alkyl halides is 2. The smallest absolute Gasteiger partial charge is 0.400 e. The van der Waals surface area contributed by atoms with Crippen LogP contribution in [0.1, 0.15) is 51.0 Å². The highest BCUT2D eigenvalue weighted by molar-refractivity contribution is 5.71. The normalized spacial score (nSPS) is 18.5. The van der Waals surface area contributed by atoms with E-state index in [1.807, 2.05) is 0 Å². The maximum atomic E-state index is 14.8. The molecule has 0 heterocycles. The summed E-state index contributed by atoms with van der Waals surface area (Å²) in [6, 6.07) is 12.6. The highest BCUT2D eigenvalue weighted by Crippen LogP contribution is 2.41. The number of hydrogen-bond donors (Lipinski definition) is 0. The van der Waals surface area contributed by atoms with Crippen LogP contribution in [0.15, 0.2) is 54.6 Å². The second-order valence-electron chi connectivity index (χ2n) is 9.45. The van der Waals surface area contributed by atoms with Gasteiger partial charge in [0.25, 0.3) is 0 Å². The van der Waals surface area contributed by atoms with Crippen LogP contribution in [0, 0.1) is 36.2 Å². The molecule has 0 radical (unpaired) electrons. The molecule has 0 aliphatic heterocycles. The Hall–Kier alpha value is -2.89. The molecular formula is C29H29F5O. The van der Waals surface area contributed by atoms with Crippen LogP contribution in [0.3, 0.4) is 0 Å². The number of rotatable bonds is 7. The van der Waals surface area contributed by atoms with Gasteiger partial charge < -0.3 is 4.74 Å². The highest BCUT2D eigenvalue weighted by atomic mass is 19.3. The van der Waals surface area contributed by atoms with E-state index >= 15 is 0 Å². The fourth-order valence-electron chi connectivity index (χ4n) is 4.88. The van der Waals surface area contributed by atoms with Gasteiger partial charge in [0.05, 0.1) is 5.92 Å². The van der Waals surface area contributed by atoms with E-state index in [2.05, 4.69) is 6.92 Å². The van der Waals surface area contributed by atoms with Crippen molar-refractivity contribution in [2.75, 3.05) is 0 Å². The first kappa shape index (κ1) is 25.2. The van der Waals surface area contributed by atoms with Crippen LogP contribution in [-0.4, -0.2) is 6.11 Å². The number of halogens is 5. The monoisotopic (exact) mass is 488 g/mol. The van der Waals surface area contributed by atoms with Crippen LogP contribution < -0.4 is 4.74 Å². The van der Waals surface area contributed by atoms with Gasteiger partial charge in [0.1, 0.15) is 23.2 Å². The molecule has 3 aromatic carbocycles. The Morgan fingerprint density at radius 3 is 1.91 bits per heavy atom. The molecule has 1 saturated carbocycles. The summed E-state index contributed by atoms with van der Waals surface area (Å²) < 4.78 is 77.2. The summed E-state index contributed by atoms with van der Waals surface area (Å²) in [4.78, 5) is 0. The van der Waals surface area contributed by atoms with Crippen molar-refractivity contribution in [1.82, 2.24) is 0 Å². The van der Waals surface area contributed by atoms with Crippen LogP contribution in [-0.2, 0) is 0 Å². The SMILES string of the molecule is CCCC1CCC(C(F)(F)Oc2ccc(-c3ccc(-c4cc(F)c(C)c(F)c4)c(F)c3)cc2)CC1. The summed E-state index contributed by atoms with van der Waals surface area (Å²) in [6.45, 7) is 3.43. The van der Waals surface area contributed by atoms with Crippen LogP contribution in [0.25, 0.3) is 22.3 Å². The largest absolute Gasteiger partial charge is 0.432 e. The van der Waals surface area contributed by atoms with Crippen LogP contribution in [0.4, 0.5) is 22.0 Å². The number of hydrogen-bond acceptors (Lipinski definition) is 1. The highest BCUT2D eigenvalue weighted by Gasteiger charge is 2.43. The fraction of sp³-hybridized carbons (Fsp3) is 0.379. The molecule has 1 nitrogen and oxygen atoms in total. The van der Waals surface area contributed by atoms with Gasteiger partial charge in [-0.25, -0.2) is 13.2 Å². The molecule has 0 bridgehead atoms. The minimum absolute atomic E-state index is 0.0529. The first-order valence-corrected chi connectivity index (χ1v) is 12.1. The van der Waals surface area contributed by atoms with E-state index in [0.717, 1.165) is 37.8 Å². The first-order valence-electron chi connectivity index (χ1n) is 12.1. The molecule has 0 aromatic heterocycles. The summed E-state index contributed by atoms with van der Waals surface area (Å²) in [5, 5.41) is 0. The molecule has 0 amide bonds. The minimum atomic E-state index is -3.24. The van der Waals surface area contributed by atoms with Gasteiger partial charge in [-0.05, 0) is 85.5 Å². The Labute approximate surface area is 202 Å². The van der Waals surface area contributed by atoms with Crippen molar-refractivity contribution in [3.05, 3.63) is 77.6 Å². The van der Waals surface area contributed by atoms with Crippen molar-refractivity contribution in [3.63, 3.8) is 0 Å². The molecule has 6 heteroatoms. The van der Waals surface area contributed by atoms with E-state index in [0.29, 0.717) is 29.9 Å². The Kier molecular flexibility index (Phi) is 7.48. The summed E-state index contributed by atoms with van der Waals surface area (Å²) in [6.07, 6.45) is 1.43. The summed E-state index contributed by atoms with van der Waals surface area (Å²) in [5.41, 5.74) is 1.16. The average molecular weight is 489 g/mol. The van der Waals surface area contributed by atoms with Crippen LogP contribution in [0.5, 0.6) is 5.75 Å². The van der Waals surface area contributed by atoms with Crippen molar-refractivity contribution in [2.45, 2.75) is 58.5 Å². The molecule has 35 heavy (non-hydrogen) atoms. The van der Waals surface area contributed by atoms with Gasteiger partial charge in [0.2, 0.25) is 0 Å². The molecule has 1 aliphatic carbocycles. The number of benzene rings is 3. The molecule has 0 atom stereocenters. The third-order valence-electron chi connectivity index (χ3n) is 7.02. The summed E-state index contributed by atoms with van der Waals surface area (Å²) in [7, 11) is 0. The van der Waals surface area contributed by atoms with Gasteiger partial charge in [0, 0.05) is 11.1 Å². The van der Waals surface area contributed by atoms with Gasteiger partial charge in [-0.15, -0.1) is 0 Å². The van der Waals surface area contributed by atoms with Crippen molar-refractivity contribution >= 4 is 0 Å². The van der Waals surface area contributed by atoms with Gasteiger partial charge in [-0.2, -0.15) is 8.78 Å². The lowest BCUT2D eigenvalue weighted by Crippen LogP contribution is -2.37.